The molecule has 0 aliphatic carbocycles. The van der Waals surface area contributed by atoms with Gasteiger partial charge in [-0.15, -0.1) is 0 Å². The molecule has 0 aliphatic rings. The van der Waals surface area contributed by atoms with Crippen LogP contribution in [-0.4, -0.2) is 15.0 Å². The van der Waals surface area contributed by atoms with Crippen molar-refractivity contribution >= 4 is 23.4 Å². The fraction of sp³-hybridized carbons (Fsp3) is 0.222. The second-order valence-electron chi connectivity index (χ2n) is 2.87. The Morgan fingerprint density at radius 2 is 2.27 bits per heavy atom. The minimum Gasteiger partial charge on any atom is -0.440 e. The summed E-state index contributed by atoms with van der Waals surface area (Å²) in [6.45, 7) is 1.88. The standard InChI is InChI=1S/C9H8ClN3OS/c1-6-4-14-9(13-6)15-5-7-2-12-8(10)3-11-7/h2-4H,5H2,1H3. The molecule has 78 valence electrons. The van der Waals surface area contributed by atoms with Crippen molar-refractivity contribution in [2.75, 3.05) is 0 Å². The highest BCUT2D eigenvalue weighted by Gasteiger charge is 2.03. The number of halogens is 1. The summed E-state index contributed by atoms with van der Waals surface area (Å²) in [4.78, 5) is 12.2. The van der Waals surface area contributed by atoms with Gasteiger partial charge in [-0.2, -0.15) is 0 Å². The number of aromatic nitrogens is 3. The summed E-state index contributed by atoms with van der Waals surface area (Å²) in [5.41, 5.74) is 1.72. The van der Waals surface area contributed by atoms with Crippen LogP contribution in [0.4, 0.5) is 0 Å². The molecular formula is C9H8ClN3OS. The summed E-state index contributed by atoms with van der Waals surface area (Å²) >= 11 is 7.10. The maximum absolute atomic E-state index is 5.62. The lowest BCUT2D eigenvalue weighted by Gasteiger charge is -1.96. The normalized spacial score (nSPS) is 10.5. The van der Waals surface area contributed by atoms with Gasteiger partial charge in [0.2, 0.25) is 0 Å². The van der Waals surface area contributed by atoms with Gasteiger partial charge in [0.05, 0.1) is 23.8 Å². The molecule has 0 unspecified atom stereocenters. The first-order valence-electron chi connectivity index (χ1n) is 4.25. The van der Waals surface area contributed by atoms with E-state index in [9.17, 15) is 0 Å². The molecule has 6 heteroatoms. The molecule has 0 aromatic carbocycles. The van der Waals surface area contributed by atoms with Crippen LogP contribution in [0.15, 0.2) is 28.3 Å². The minimum atomic E-state index is 0.399. The zero-order valence-electron chi connectivity index (χ0n) is 7.98. The van der Waals surface area contributed by atoms with Crippen LogP contribution in [-0.2, 0) is 5.75 Å². The maximum atomic E-state index is 5.62. The van der Waals surface area contributed by atoms with Crippen molar-refractivity contribution in [2.45, 2.75) is 17.9 Å². The van der Waals surface area contributed by atoms with Crippen LogP contribution in [0.5, 0.6) is 0 Å². The van der Waals surface area contributed by atoms with Crippen LogP contribution >= 0.6 is 23.4 Å². The number of hydrogen-bond donors (Lipinski definition) is 0. The van der Waals surface area contributed by atoms with Crippen molar-refractivity contribution in [1.29, 1.82) is 0 Å². The summed E-state index contributed by atoms with van der Waals surface area (Å²) in [6, 6.07) is 0. The highest BCUT2D eigenvalue weighted by Crippen LogP contribution is 2.20. The van der Waals surface area contributed by atoms with Gasteiger partial charge in [0, 0.05) is 5.75 Å². The molecule has 2 aromatic heterocycles. The molecule has 0 aliphatic heterocycles. The summed E-state index contributed by atoms with van der Waals surface area (Å²) in [5.74, 6) is 0.671. The van der Waals surface area contributed by atoms with Crippen molar-refractivity contribution in [1.82, 2.24) is 15.0 Å². The number of thioether (sulfide) groups is 1. The first-order valence-corrected chi connectivity index (χ1v) is 5.62. The van der Waals surface area contributed by atoms with Crippen LogP contribution in [0.1, 0.15) is 11.4 Å². The summed E-state index contributed by atoms with van der Waals surface area (Å²) < 4.78 is 5.19. The van der Waals surface area contributed by atoms with Crippen LogP contribution in [0.25, 0.3) is 0 Å². The average molecular weight is 242 g/mol. The van der Waals surface area contributed by atoms with E-state index < -0.39 is 0 Å². The lowest BCUT2D eigenvalue weighted by molar-refractivity contribution is 0.454. The van der Waals surface area contributed by atoms with E-state index in [1.807, 2.05) is 6.92 Å². The summed E-state index contributed by atoms with van der Waals surface area (Å²) in [6.07, 6.45) is 4.79. The van der Waals surface area contributed by atoms with Crippen molar-refractivity contribution in [3.05, 3.63) is 35.2 Å². The number of nitrogens with zero attached hydrogens (tertiary/aromatic N) is 3. The van der Waals surface area contributed by atoms with E-state index in [4.69, 9.17) is 16.0 Å². The molecule has 2 aromatic rings. The van der Waals surface area contributed by atoms with Crippen LogP contribution < -0.4 is 0 Å². The highest BCUT2D eigenvalue weighted by atomic mass is 35.5. The lowest BCUT2D eigenvalue weighted by Crippen LogP contribution is -1.88. The number of oxazole rings is 1. The largest absolute Gasteiger partial charge is 0.440 e. The van der Waals surface area contributed by atoms with E-state index in [0.29, 0.717) is 16.1 Å². The molecule has 0 radical (unpaired) electrons. The van der Waals surface area contributed by atoms with Gasteiger partial charge in [-0.3, -0.25) is 4.98 Å². The Bertz CT molecular complexity index is 443. The highest BCUT2D eigenvalue weighted by molar-refractivity contribution is 7.98. The molecule has 2 heterocycles. The van der Waals surface area contributed by atoms with E-state index in [1.165, 1.54) is 18.0 Å². The van der Waals surface area contributed by atoms with Gasteiger partial charge in [0.15, 0.2) is 0 Å². The smallest absolute Gasteiger partial charge is 0.256 e. The average Bonchev–Trinajstić information content (AvgIpc) is 2.64. The summed E-state index contributed by atoms with van der Waals surface area (Å²) in [7, 11) is 0. The Morgan fingerprint density at radius 3 is 2.87 bits per heavy atom. The van der Waals surface area contributed by atoms with Gasteiger partial charge in [-0.25, -0.2) is 9.97 Å². The van der Waals surface area contributed by atoms with Crippen LogP contribution in [0.3, 0.4) is 0 Å². The molecule has 0 fully saturated rings. The Kier molecular flexibility index (Phi) is 3.23. The third kappa shape index (κ3) is 2.94. The van der Waals surface area contributed by atoms with Gasteiger partial charge >= 0.3 is 0 Å². The molecule has 4 nitrogen and oxygen atoms in total. The molecule has 0 saturated heterocycles. The molecule has 2 rings (SSSR count). The van der Waals surface area contributed by atoms with Gasteiger partial charge in [-0.1, -0.05) is 23.4 Å². The van der Waals surface area contributed by atoms with E-state index in [1.54, 1.807) is 12.5 Å². The van der Waals surface area contributed by atoms with Crippen molar-refractivity contribution in [3.63, 3.8) is 0 Å². The number of hydrogen-bond acceptors (Lipinski definition) is 5. The van der Waals surface area contributed by atoms with Crippen LogP contribution in [0, 0.1) is 6.92 Å². The van der Waals surface area contributed by atoms with E-state index in [2.05, 4.69) is 15.0 Å². The van der Waals surface area contributed by atoms with Gasteiger partial charge in [-0.05, 0) is 6.92 Å². The first-order chi connectivity index (χ1) is 7.24. The lowest BCUT2D eigenvalue weighted by atomic mass is 10.5. The molecule has 0 atom stereocenters. The van der Waals surface area contributed by atoms with Crippen molar-refractivity contribution in [3.8, 4) is 0 Å². The molecule has 0 amide bonds. The predicted molar refractivity (Wildman–Crippen MR) is 57.8 cm³/mol. The molecular weight excluding hydrogens is 234 g/mol. The van der Waals surface area contributed by atoms with E-state index in [0.717, 1.165) is 11.4 Å². The van der Waals surface area contributed by atoms with Gasteiger partial charge in [0.1, 0.15) is 11.4 Å². The Morgan fingerprint density at radius 1 is 1.40 bits per heavy atom. The maximum Gasteiger partial charge on any atom is 0.256 e. The van der Waals surface area contributed by atoms with Crippen LogP contribution in [0.2, 0.25) is 5.15 Å². The quantitative estimate of drug-likeness (QED) is 0.774. The third-order valence-corrected chi connectivity index (χ3v) is 2.69. The fourth-order valence-electron chi connectivity index (χ4n) is 0.948. The second-order valence-corrected chi connectivity index (χ2v) is 4.19. The zero-order valence-corrected chi connectivity index (χ0v) is 9.55. The predicted octanol–water partition coefficient (Wildman–Crippen LogP) is 2.72. The molecule has 0 N–H and O–H groups in total. The first kappa shape index (κ1) is 10.4. The fourth-order valence-corrected chi connectivity index (χ4v) is 1.79. The second kappa shape index (κ2) is 4.63. The van der Waals surface area contributed by atoms with Gasteiger partial charge in [0.25, 0.3) is 5.22 Å². The van der Waals surface area contributed by atoms with E-state index >= 15 is 0 Å². The monoisotopic (exact) mass is 241 g/mol. The SMILES string of the molecule is Cc1coc(SCc2cnc(Cl)cn2)n1. The topological polar surface area (TPSA) is 51.8 Å². The van der Waals surface area contributed by atoms with E-state index in [-0.39, 0.29) is 0 Å². The third-order valence-electron chi connectivity index (χ3n) is 1.62. The number of rotatable bonds is 3. The Hall–Kier alpha value is -1.07. The summed E-state index contributed by atoms with van der Waals surface area (Å²) in [5, 5.41) is 1.04. The van der Waals surface area contributed by atoms with Crippen molar-refractivity contribution < 1.29 is 4.42 Å². The molecule has 0 bridgehead atoms. The van der Waals surface area contributed by atoms with Crippen molar-refractivity contribution in [2.24, 2.45) is 0 Å². The minimum absolute atomic E-state index is 0.399. The zero-order chi connectivity index (χ0) is 10.7. The molecule has 0 saturated carbocycles. The molecule has 15 heavy (non-hydrogen) atoms. The van der Waals surface area contributed by atoms with Gasteiger partial charge < -0.3 is 4.42 Å². The molecule has 0 spiro atoms. The number of aryl methyl sites for hydroxylation is 1. The Balaban J connectivity index is 1.96. The Labute approximate surface area is 96.1 Å².